The fraction of sp³-hybridized carbons (Fsp3) is 0.154. The molecule has 0 atom stereocenters. The maximum atomic E-state index is 9.75. The van der Waals surface area contributed by atoms with Gasteiger partial charge >= 0.3 is 7.25 Å². The van der Waals surface area contributed by atoms with Gasteiger partial charge in [-0.25, -0.2) is 4.57 Å². The summed E-state index contributed by atoms with van der Waals surface area (Å²) in [6.07, 6.45) is 4.04. The van der Waals surface area contributed by atoms with E-state index in [4.69, 9.17) is 4.74 Å². The molecule has 0 radical (unpaired) electrons. The molecule has 108 valence electrons. The quantitative estimate of drug-likeness (QED) is 0.479. The Balaban J connectivity index is 0.000000347. The van der Waals surface area contributed by atoms with Crippen LogP contribution in [0.2, 0.25) is 0 Å². The summed E-state index contributed by atoms with van der Waals surface area (Å²) >= 11 is 0. The third-order valence-electron chi connectivity index (χ3n) is 2.30. The van der Waals surface area contributed by atoms with Crippen molar-refractivity contribution in [2.45, 2.75) is 6.54 Å². The first-order valence-electron chi connectivity index (χ1n) is 5.83. The minimum Gasteiger partial charge on any atom is -0.496 e. The van der Waals surface area contributed by atoms with Crippen molar-refractivity contribution in [3.05, 3.63) is 60.4 Å². The first-order valence-corrected chi connectivity index (χ1v) is 5.83. The van der Waals surface area contributed by atoms with Crippen LogP contribution in [-0.4, -0.2) is 14.4 Å². The highest BCUT2D eigenvalue weighted by Gasteiger charge is 2.20. The average Bonchev–Trinajstić information content (AvgIpc) is 2.39. The average molecular weight is 287 g/mol. The van der Waals surface area contributed by atoms with E-state index in [9.17, 15) is 17.3 Å². The van der Waals surface area contributed by atoms with Crippen LogP contribution < -0.4 is 9.30 Å². The molecule has 7 heteroatoms. The third kappa shape index (κ3) is 7.40. The van der Waals surface area contributed by atoms with E-state index in [2.05, 4.69) is 28.8 Å². The molecule has 0 spiro atoms. The van der Waals surface area contributed by atoms with Crippen LogP contribution in [0, 0.1) is 0 Å². The van der Waals surface area contributed by atoms with Crippen molar-refractivity contribution in [1.29, 1.82) is 0 Å². The Morgan fingerprint density at radius 1 is 0.950 bits per heavy atom. The van der Waals surface area contributed by atoms with Crippen molar-refractivity contribution in [1.82, 2.24) is 0 Å². The normalized spacial score (nSPS) is 10.4. The Bertz CT molecular complexity index is 496. The molecule has 1 aromatic carbocycles. The molecule has 1 aromatic heterocycles. The first-order chi connectivity index (χ1) is 9.38. The van der Waals surface area contributed by atoms with Crippen LogP contribution in [0.5, 0.6) is 5.75 Å². The van der Waals surface area contributed by atoms with Gasteiger partial charge in [0.15, 0.2) is 18.9 Å². The van der Waals surface area contributed by atoms with Crippen LogP contribution in [0.15, 0.2) is 54.9 Å². The van der Waals surface area contributed by atoms with Gasteiger partial charge in [0.1, 0.15) is 5.75 Å². The number of hydrogen-bond acceptors (Lipinski definition) is 1. The number of rotatable bonds is 3. The Hall–Kier alpha value is -2.05. The van der Waals surface area contributed by atoms with E-state index in [0.717, 1.165) is 12.3 Å². The highest BCUT2D eigenvalue weighted by atomic mass is 19.5. The Morgan fingerprint density at radius 3 is 1.90 bits per heavy atom. The van der Waals surface area contributed by atoms with Gasteiger partial charge in [-0.1, -0.05) is 30.3 Å². The number of aromatic nitrogens is 1. The van der Waals surface area contributed by atoms with Gasteiger partial charge in [-0.2, -0.15) is 0 Å². The third-order valence-corrected chi connectivity index (χ3v) is 2.30. The lowest BCUT2D eigenvalue weighted by Crippen LogP contribution is -2.32. The first kappa shape index (κ1) is 16.0. The number of methoxy groups -OCH3 is 1. The minimum atomic E-state index is -6.00. The zero-order valence-electron chi connectivity index (χ0n) is 10.8. The number of ether oxygens (including phenoxy) is 1. The topological polar surface area (TPSA) is 13.1 Å². The summed E-state index contributed by atoms with van der Waals surface area (Å²) in [7, 11) is -4.32. The molecule has 0 aliphatic rings. The fourth-order valence-corrected chi connectivity index (χ4v) is 1.48. The van der Waals surface area contributed by atoms with E-state index in [1.807, 2.05) is 30.6 Å². The molecule has 2 aromatic rings. The number of benzene rings is 1. The molecule has 2 rings (SSSR count). The summed E-state index contributed by atoms with van der Waals surface area (Å²) < 4.78 is 46.2. The number of halogens is 4. The van der Waals surface area contributed by atoms with Crippen molar-refractivity contribution in [3.8, 4) is 5.75 Å². The van der Waals surface area contributed by atoms with Gasteiger partial charge in [-0.3, -0.25) is 0 Å². The molecule has 0 saturated carbocycles. The van der Waals surface area contributed by atoms with Crippen molar-refractivity contribution in [2.75, 3.05) is 7.11 Å². The molecule has 1 heterocycles. The van der Waals surface area contributed by atoms with Crippen LogP contribution in [0.25, 0.3) is 0 Å². The maximum absolute atomic E-state index is 9.75. The Morgan fingerprint density at radius 2 is 1.45 bits per heavy atom. The van der Waals surface area contributed by atoms with Gasteiger partial charge in [0, 0.05) is 17.7 Å². The fourth-order valence-electron chi connectivity index (χ4n) is 1.48. The second kappa shape index (κ2) is 7.52. The van der Waals surface area contributed by atoms with E-state index in [-0.39, 0.29) is 0 Å². The summed E-state index contributed by atoms with van der Waals surface area (Å²) in [6.45, 7) is 0.894. The van der Waals surface area contributed by atoms with Crippen LogP contribution in [0.3, 0.4) is 0 Å². The molecule has 0 saturated heterocycles. The molecule has 0 bridgehead atoms. The summed E-state index contributed by atoms with van der Waals surface area (Å²) in [5, 5.41) is 0. The van der Waals surface area contributed by atoms with E-state index >= 15 is 0 Å². The zero-order chi connectivity index (χ0) is 15.0. The summed E-state index contributed by atoms with van der Waals surface area (Å²) in [6, 6.07) is 14.3. The van der Waals surface area contributed by atoms with Gasteiger partial charge in [-0.15, -0.1) is 0 Å². The Labute approximate surface area is 114 Å². The molecule has 0 aliphatic heterocycles. The lowest BCUT2D eigenvalue weighted by atomic mass is 10.2. The van der Waals surface area contributed by atoms with E-state index in [0.29, 0.717) is 0 Å². The van der Waals surface area contributed by atoms with Crippen molar-refractivity contribution in [2.24, 2.45) is 0 Å². The predicted octanol–water partition coefficient (Wildman–Crippen LogP) is 3.33. The highest BCUT2D eigenvalue weighted by Crippen LogP contribution is 2.06. The molecule has 20 heavy (non-hydrogen) atoms. The molecule has 0 aliphatic carbocycles. The molecule has 0 unspecified atom stereocenters. The molecular weight excluding hydrogens is 273 g/mol. The summed E-state index contributed by atoms with van der Waals surface area (Å²) in [4.78, 5) is 0. The van der Waals surface area contributed by atoms with Crippen molar-refractivity contribution < 1.29 is 26.6 Å². The largest absolute Gasteiger partial charge is 0.673 e. The van der Waals surface area contributed by atoms with Gasteiger partial charge in [-0.05, 0) is 0 Å². The standard InChI is InChI=1S/C13H14NO.BF4/c1-15-13-7-9-14(10-8-13)11-12-5-3-2-4-6-12;2-1(3,4)5/h2-10H,11H2,1H3;/q+1;-1. The van der Waals surface area contributed by atoms with E-state index in [1.54, 1.807) is 7.11 Å². The monoisotopic (exact) mass is 287 g/mol. The summed E-state index contributed by atoms with van der Waals surface area (Å²) in [5.41, 5.74) is 1.30. The van der Waals surface area contributed by atoms with Crippen LogP contribution in [-0.2, 0) is 6.54 Å². The molecular formula is C13H14BF4NO. The Kier molecular flexibility index (Phi) is 6.02. The number of hydrogen-bond donors (Lipinski definition) is 0. The SMILES string of the molecule is COc1cc[n+](Cc2ccccc2)cc1.F[B-](F)(F)F. The molecule has 0 N–H and O–H groups in total. The number of nitrogens with zero attached hydrogens (tertiary/aromatic N) is 1. The zero-order valence-corrected chi connectivity index (χ0v) is 10.8. The second-order valence-corrected chi connectivity index (χ2v) is 3.89. The molecule has 0 fully saturated rings. The highest BCUT2D eigenvalue weighted by molar-refractivity contribution is 6.50. The lowest BCUT2D eigenvalue weighted by molar-refractivity contribution is -0.688. The smallest absolute Gasteiger partial charge is 0.496 e. The summed E-state index contributed by atoms with van der Waals surface area (Å²) in [5.74, 6) is 0.888. The van der Waals surface area contributed by atoms with Crippen molar-refractivity contribution in [3.63, 3.8) is 0 Å². The van der Waals surface area contributed by atoms with E-state index in [1.165, 1.54) is 5.56 Å². The van der Waals surface area contributed by atoms with E-state index < -0.39 is 7.25 Å². The van der Waals surface area contributed by atoms with Crippen molar-refractivity contribution >= 4 is 7.25 Å². The maximum Gasteiger partial charge on any atom is 0.673 e. The van der Waals surface area contributed by atoms with Gasteiger partial charge in [0.25, 0.3) is 0 Å². The van der Waals surface area contributed by atoms with Crippen LogP contribution in [0.1, 0.15) is 5.56 Å². The second-order valence-electron chi connectivity index (χ2n) is 3.89. The van der Waals surface area contributed by atoms with Crippen LogP contribution >= 0.6 is 0 Å². The van der Waals surface area contributed by atoms with Crippen LogP contribution in [0.4, 0.5) is 17.3 Å². The van der Waals surface area contributed by atoms with Gasteiger partial charge in [0.05, 0.1) is 7.11 Å². The molecule has 0 amide bonds. The lowest BCUT2D eigenvalue weighted by Gasteiger charge is -1.99. The minimum absolute atomic E-state index is 0.888. The number of pyridine rings is 1. The van der Waals surface area contributed by atoms with Gasteiger partial charge in [0.2, 0.25) is 0 Å². The van der Waals surface area contributed by atoms with Gasteiger partial charge < -0.3 is 22.0 Å². The predicted molar refractivity (Wildman–Crippen MR) is 68.9 cm³/mol. The molecule has 2 nitrogen and oxygen atoms in total.